The second kappa shape index (κ2) is 8.06. The van der Waals surface area contributed by atoms with Gasteiger partial charge in [0.15, 0.2) is 0 Å². The quantitative estimate of drug-likeness (QED) is 0.497. The van der Waals surface area contributed by atoms with Crippen LogP contribution in [0.1, 0.15) is 11.3 Å². The Morgan fingerprint density at radius 3 is 2.57 bits per heavy atom. The molecule has 2 aromatic heterocycles. The van der Waals surface area contributed by atoms with Gasteiger partial charge in [0.1, 0.15) is 5.75 Å². The summed E-state index contributed by atoms with van der Waals surface area (Å²) >= 11 is 0. The average Bonchev–Trinajstić information content (AvgIpc) is 3.38. The molecule has 0 bridgehead atoms. The standard InChI is InChI=1S/C21H22N6O/c1-25(15-18-16-27(24-23-18)19-7-4-3-5-8-19)13-17-12-22-26(14-17)20-9-6-10-21(11-20)28-2/h3-12,14,16H,13,15H2,1-2H3. The zero-order valence-electron chi connectivity index (χ0n) is 15.9. The summed E-state index contributed by atoms with van der Waals surface area (Å²) in [6.45, 7) is 1.47. The molecular weight excluding hydrogens is 352 g/mol. The third kappa shape index (κ3) is 4.10. The lowest BCUT2D eigenvalue weighted by Gasteiger charge is -2.13. The first kappa shape index (κ1) is 17.9. The van der Waals surface area contributed by atoms with Gasteiger partial charge in [-0.3, -0.25) is 4.90 Å². The summed E-state index contributed by atoms with van der Waals surface area (Å²) in [7, 11) is 3.72. The Hall–Kier alpha value is -3.45. The lowest BCUT2D eigenvalue weighted by atomic mass is 10.3. The zero-order valence-corrected chi connectivity index (χ0v) is 15.9. The fourth-order valence-electron chi connectivity index (χ4n) is 3.06. The van der Waals surface area contributed by atoms with Gasteiger partial charge in [-0.2, -0.15) is 5.10 Å². The molecule has 142 valence electrons. The molecule has 0 atom stereocenters. The van der Waals surface area contributed by atoms with Gasteiger partial charge >= 0.3 is 0 Å². The van der Waals surface area contributed by atoms with Crippen molar-refractivity contribution in [3.05, 3.63) is 84.4 Å². The average molecular weight is 374 g/mol. The first-order chi connectivity index (χ1) is 13.7. The number of hydrogen-bond acceptors (Lipinski definition) is 5. The molecule has 0 N–H and O–H groups in total. The van der Waals surface area contributed by atoms with E-state index in [2.05, 4.69) is 27.4 Å². The second-order valence-corrected chi connectivity index (χ2v) is 6.66. The highest BCUT2D eigenvalue weighted by atomic mass is 16.5. The van der Waals surface area contributed by atoms with Gasteiger partial charge in [-0.15, -0.1) is 5.10 Å². The van der Waals surface area contributed by atoms with Crippen molar-refractivity contribution in [1.82, 2.24) is 29.7 Å². The molecule has 0 aliphatic heterocycles. The van der Waals surface area contributed by atoms with E-state index in [0.29, 0.717) is 6.54 Å². The Morgan fingerprint density at radius 1 is 0.929 bits per heavy atom. The van der Waals surface area contributed by atoms with Gasteiger partial charge in [0.25, 0.3) is 0 Å². The maximum atomic E-state index is 5.28. The number of hydrogen-bond donors (Lipinski definition) is 0. The molecule has 0 unspecified atom stereocenters. The third-order valence-electron chi connectivity index (χ3n) is 4.40. The summed E-state index contributed by atoms with van der Waals surface area (Å²) < 4.78 is 8.94. The van der Waals surface area contributed by atoms with E-state index in [9.17, 15) is 0 Å². The molecule has 0 aliphatic carbocycles. The number of rotatable bonds is 7. The van der Waals surface area contributed by atoms with Crippen molar-refractivity contribution in [2.45, 2.75) is 13.1 Å². The Kier molecular flexibility index (Phi) is 5.16. The number of nitrogens with zero attached hydrogens (tertiary/aromatic N) is 6. The van der Waals surface area contributed by atoms with E-state index in [4.69, 9.17) is 4.74 Å². The minimum Gasteiger partial charge on any atom is -0.497 e. The van der Waals surface area contributed by atoms with Crippen molar-refractivity contribution in [3.63, 3.8) is 0 Å². The van der Waals surface area contributed by atoms with Crippen LogP contribution >= 0.6 is 0 Å². The number of ether oxygens (including phenoxy) is 1. The number of para-hydroxylation sites is 1. The highest BCUT2D eigenvalue weighted by molar-refractivity contribution is 5.39. The monoisotopic (exact) mass is 374 g/mol. The summed E-state index contributed by atoms with van der Waals surface area (Å²) in [5, 5.41) is 13.0. The molecule has 2 aromatic carbocycles. The molecule has 4 rings (SSSR count). The Balaban J connectivity index is 1.40. The molecule has 0 fully saturated rings. The van der Waals surface area contributed by atoms with Gasteiger partial charge in [0.05, 0.1) is 36.6 Å². The molecule has 0 aliphatic rings. The van der Waals surface area contributed by atoms with Crippen LogP contribution in [0.25, 0.3) is 11.4 Å². The molecule has 4 aromatic rings. The molecule has 0 radical (unpaired) electrons. The van der Waals surface area contributed by atoms with Crippen LogP contribution in [0, 0.1) is 0 Å². The fourth-order valence-corrected chi connectivity index (χ4v) is 3.06. The first-order valence-corrected chi connectivity index (χ1v) is 9.04. The smallest absolute Gasteiger partial charge is 0.121 e. The van der Waals surface area contributed by atoms with Crippen LogP contribution in [0.4, 0.5) is 0 Å². The molecular formula is C21H22N6O. The van der Waals surface area contributed by atoms with E-state index < -0.39 is 0 Å². The van der Waals surface area contributed by atoms with Gasteiger partial charge in [0, 0.05) is 30.9 Å². The fraction of sp³-hybridized carbons (Fsp3) is 0.190. The van der Waals surface area contributed by atoms with Gasteiger partial charge in [0.2, 0.25) is 0 Å². The Labute approximate surface area is 163 Å². The van der Waals surface area contributed by atoms with Gasteiger partial charge < -0.3 is 4.74 Å². The lowest BCUT2D eigenvalue weighted by Crippen LogP contribution is -2.17. The molecule has 28 heavy (non-hydrogen) atoms. The topological polar surface area (TPSA) is 61.0 Å². The van der Waals surface area contributed by atoms with Crippen molar-refractivity contribution in [1.29, 1.82) is 0 Å². The molecule has 2 heterocycles. The predicted octanol–water partition coefficient (Wildman–Crippen LogP) is 3.09. The summed E-state index contributed by atoms with van der Waals surface area (Å²) in [5.74, 6) is 0.813. The van der Waals surface area contributed by atoms with Crippen LogP contribution in [0.3, 0.4) is 0 Å². The molecule has 0 amide bonds. The van der Waals surface area contributed by atoms with Crippen molar-refractivity contribution in [2.24, 2.45) is 0 Å². The van der Waals surface area contributed by atoms with Crippen molar-refractivity contribution in [2.75, 3.05) is 14.2 Å². The maximum absolute atomic E-state index is 5.28. The number of benzene rings is 2. The largest absolute Gasteiger partial charge is 0.497 e. The van der Waals surface area contributed by atoms with E-state index in [-0.39, 0.29) is 0 Å². The predicted molar refractivity (Wildman–Crippen MR) is 107 cm³/mol. The van der Waals surface area contributed by atoms with Crippen molar-refractivity contribution in [3.8, 4) is 17.1 Å². The van der Waals surface area contributed by atoms with Gasteiger partial charge in [-0.1, -0.05) is 29.5 Å². The Bertz CT molecular complexity index is 1040. The van der Waals surface area contributed by atoms with E-state index >= 15 is 0 Å². The second-order valence-electron chi connectivity index (χ2n) is 6.66. The molecule has 0 saturated carbocycles. The highest BCUT2D eigenvalue weighted by Crippen LogP contribution is 2.17. The van der Waals surface area contributed by atoms with Gasteiger partial charge in [-0.05, 0) is 31.3 Å². The van der Waals surface area contributed by atoms with Crippen LogP contribution in [0.15, 0.2) is 73.2 Å². The highest BCUT2D eigenvalue weighted by Gasteiger charge is 2.09. The number of methoxy groups -OCH3 is 1. The van der Waals surface area contributed by atoms with E-state index in [1.165, 1.54) is 0 Å². The van der Waals surface area contributed by atoms with Crippen LogP contribution in [0.2, 0.25) is 0 Å². The first-order valence-electron chi connectivity index (χ1n) is 9.04. The summed E-state index contributed by atoms with van der Waals surface area (Å²) in [5.41, 5.74) is 4.02. The molecule has 7 nitrogen and oxygen atoms in total. The van der Waals surface area contributed by atoms with Gasteiger partial charge in [-0.25, -0.2) is 9.36 Å². The minimum absolute atomic E-state index is 0.706. The molecule has 0 saturated heterocycles. The summed E-state index contributed by atoms with van der Waals surface area (Å²) in [6, 6.07) is 17.8. The van der Waals surface area contributed by atoms with E-state index in [1.807, 2.05) is 77.9 Å². The summed E-state index contributed by atoms with van der Waals surface area (Å²) in [4.78, 5) is 2.19. The van der Waals surface area contributed by atoms with Crippen molar-refractivity contribution >= 4 is 0 Å². The van der Waals surface area contributed by atoms with Crippen molar-refractivity contribution < 1.29 is 4.74 Å². The zero-order chi connectivity index (χ0) is 19.3. The van der Waals surface area contributed by atoms with E-state index in [1.54, 1.807) is 11.8 Å². The maximum Gasteiger partial charge on any atom is 0.121 e. The summed E-state index contributed by atoms with van der Waals surface area (Å²) in [6.07, 6.45) is 5.88. The van der Waals surface area contributed by atoms with E-state index in [0.717, 1.165) is 34.9 Å². The van der Waals surface area contributed by atoms with Crippen LogP contribution in [0.5, 0.6) is 5.75 Å². The molecule has 7 heteroatoms. The van der Waals surface area contributed by atoms with Crippen LogP contribution in [-0.2, 0) is 13.1 Å². The third-order valence-corrected chi connectivity index (χ3v) is 4.40. The Morgan fingerprint density at radius 2 is 1.75 bits per heavy atom. The SMILES string of the molecule is COc1cccc(-n2cc(CN(C)Cc3cn(-c4ccccc4)nn3)cn2)c1. The minimum atomic E-state index is 0.706. The normalized spacial score (nSPS) is 11.1. The van der Waals surface area contributed by atoms with Crippen LogP contribution < -0.4 is 4.74 Å². The van der Waals surface area contributed by atoms with Crippen LogP contribution in [-0.4, -0.2) is 43.8 Å². The lowest BCUT2D eigenvalue weighted by molar-refractivity contribution is 0.315. The molecule has 0 spiro atoms. The number of aromatic nitrogens is 5.